The number of nitrogens with zero attached hydrogens (tertiary/aromatic N) is 3. The SMILES string of the molecule is CCOC(=O)Cn1c(C)c(/C=N\N2C(=O)[C@@H]3[C@H]4C=C[C@@H]([C@@H]5C[C@@H]45)[C@H]3C2=O)c2ccccc21. The first-order valence-corrected chi connectivity index (χ1v) is 11.3. The van der Waals surface area contributed by atoms with Crippen molar-refractivity contribution >= 4 is 34.9 Å². The zero-order valence-corrected chi connectivity index (χ0v) is 18.1. The van der Waals surface area contributed by atoms with Crippen molar-refractivity contribution in [1.29, 1.82) is 0 Å². The van der Waals surface area contributed by atoms with Gasteiger partial charge in [-0.25, -0.2) is 0 Å². The van der Waals surface area contributed by atoms with E-state index in [9.17, 15) is 14.4 Å². The van der Waals surface area contributed by atoms with Gasteiger partial charge < -0.3 is 9.30 Å². The molecule has 2 amide bonds. The molecule has 1 saturated heterocycles. The predicted molar refractivity (Wildman–Crippen MR) is 117 cm³/mol. The van der Waals surface area contributed by atoms with E-state index in [1.54, 1.807) is 13.1 Å². The molecule has 7 heteroatoms. The molecule has 1 aliphatic heterocycles. The number of para-hydroxylation sites is 1. The summed E-state index contributed by atoms with van der Waals surface area (Å²) in [6.07, 6.45) is 7.05. The van der Waals surface area contributed by atoms with E-state index in [1.807, 2.05) is 35.8 Å². The Labute approximate surface area is 185 Å². The number of hydrogen-bond donors (Lipinski definition) is 0. The van der Waals surface area contributed by atoms with Crippen LogP contribution in [0.1, 0.15) is 24.6 Å². The molecule has 2 bridgehead atoms. The molecule has 7 rings (SSSR count). The van der Waals surface area contributed by atoms with Gasteiger partial charge in [0.25, 0.3) is 11.8 Å². The summed E-state index contributed by atoms with van der Waals surface area (Å²) in [7, 11) is 0. The molecule has 1 aromatic carbocycles. The minimum absolute atomic E-state index is 0.0948. The van der Waals surface area contributed by atoms with Crippen molar-refractivity contribution in [1.82, 2.24) is 9.58 Å². The largest absolute Gasteiger partial charge is 0.465 e. The number of fused-ring (bicyclic) bond motifs is 1. The van der Waals surface area contributed by atoms with Gasteiger partial charge in [-0.1, -0.05) is 30.4 Å². The number of benzene rings is 1. The van der Waals surface area contributed by atoms with Gasteiger partial charge in [0.1, 0.15) is 6.54 Å². The van der Waals surface area contributed by atoms with Crippen LogP contribution in [0.2, 0.25) is 0 Å². The molecule has 7 nitrogen and oxygen atoms in total. The average molecular weight is 431 g/mol. The van der Waals surface area contributed by atoms with Gasteiger partial charge in [-0.2, -0.15) is 10.1 Å². The summed E-state index contributed by atoms with van der Waals surface area (Å²) in [6, 6.07) is 7.73. The number of carbonyl (C=O) groups excluding carboxylic acids is 3. The summed E-state index contributed by atoms with van der Waals surface area (Å²) in [6.45, 7) is 4.11. The van der Waals surface area contributed by atoms with Crippen LogP contribution in [0, 0.1) is 42.4 Å². The number of carbonyl (C=O) groups is 3. The maximum atomic E-state index is 13.2. The lowest BCUT2D eigenvalue weighted by Crippen LogP contribution is -2.40. The van der Waals surface area contributed by atoms with Crippen LogP contribution in [0.5, 0.6) is 0 Å². The molecule has 2 aromatic rings. The number of imide groups is 1. The molecule has 0 unspecified atom stereocenters. The highest BCUT2D eigenvalue weighted by Gasteiger charge is 2.67. The average Bonchev–Trinajstić information content (AvgIpc) is 3.53. The van der Waals surface area contributed by atoms with Crippen molar-refractivity contribution in [2.45, 2.75) is 26.8 Å². The Morgan fingerprint density at radius 2 is 1.78 bits per heavy atom. The number of hydrogen-bond acceptors (Lipinski definition) is 5. The monoisotopic (exact) mass is 431 g/mol. The lowest BCUT2D eigenvalue weighted by atomic mass is 9.63. The maximum Gasteiger partial charge on any atom is 0.325 e. The second kappa shape index (κ2) is 6.89. The van der Waals surface area contributed by atoms with Crippen LogP contribution in [-0.2, 0) is 25.7 Å². The highest BCUT2D eigenvalue weighted by atomic mass is 16.5. The third-order valence-electron chi connectivity index (χ3n) is 7.81. The first-order chi connectivity index (χ1) is 15.5. The Hall–Kier alpha value is -3.22. The second-order valence-corrected chi connectivity index (χ2v) is 9.29. The molecule has 3 fully saturated rings. The highest BCUT2D eigenvalue weighted by molar-refractivity contribution is 6.08. The number of hydrazone groups is 1. The van der Waals surface area contributed by atoms with E-state index in [1.165, 1.54) is 0 Å². The summed E-state index contributed by atoms with van der Waals surface area (Å²) >= 11 is 0. The number of aromatic nitrogens is 1. The fourth-order valence-corrected chi connectivity index (χ4v) is 6.33. The van der Waals surface area contributed by atoms with Crippen molar-refractivity contribution in [2.24, 2.45) is 40.6 Å². The van der Waals surface area contributed by atoms with E-state index >= 15 is 0 Å². The number of esters is 1. The number of ether oxygens (including phenoxy) is 1. The fourth-order valence-electron chi connectivity index (χ4n) is 6.33. The summed E-state index contributed by atoms with van der Waals surface area (Å²) in [5, 5.41) is 6.42. The molecule has 0 N–H and O–H groups in total. The Kier molecular flexibility index (Phi) is 4.19. The fraction of sp³-hybridized carbons (Fsp3) is 0.440. The predicted octanol–water partition coefficient (Wildman–Crippen LogP) is 2.90. The highest BCUT2D eigenvalue weighted by Crippen LogP contribution is 2.65. The van der Waals surface area contributed by atoms with Gasteiger partial charge in [-0.15, -0.1) is 0 Å². The minimum Gasteiger partial charge on any atom is -0.465 e. The Balaban J connectivity index is 1.34. The van der Waals surface area contributed by atoms with Crippen LogP contribution >= 0.6 is 0 Å². The van der Waals surface area contributed by atoms with Crippen LogP contribution in [0.3, 0.4) is 0 Å². The zero-order chi connectivity index (χ0) is 22.1. The van der Waals surface area contributed by atoms with Gasteiger partial charge in [0.15, 0.2) is 0 Å². The summed E-state index contributed by atoms with van der Waals surface area (Å²) in [5.74, 6) is 0.317. The van der Waals surface area contributed by atoms with E-state index in [-0.39, 0.29) is 48.0 Å². The smallest absolute Gasteiger partial charge is 0.325 e. The molecule has 2 saturated carbocycles. The number of rotatable bonds is 5. The first kappa shape index (κ1) is 19.5. The van der Waals surface area contributed by atoms with E-state index < -0.39 is 0 Å². The molecule has 1 aromatic heterocycles. The molecule has 32 heavy (non-hydrogen) atoms. The molecular weight excluding hydrogens is 406 g/mol. The van der Waals surface area contributed by atoms with Gasteiger partial charge in [0.05, 0.1) is 24.7 Å². The van der Waals surface area contributed by atoms with Crippen LogP contribution < -0.4 is 0 Å². The number of amides is 2. The van der Waals surface area contributed by atoms with E-state index in [2.05, 4.69) is 17.3 Å². The van der Waals surface area contributed by atoms with Crippen LogP contribution in [0.15, 0.2) is 41.5 Å². The molecule has 0 spiro atoms. The minimum atomic E-state index is -0.310. The molecule has 164 valence electrons. The summed E-state index contributed by atoms with van der Waals surface area (Å²) in [5.41, 5.74) is 2.52. The Morgan fingerprint density at radius 1 is 1.12 bits per heavy atom. The molecule has 4 aliphatic carbocycles. The van der Waals surface area contributed by atoms with Crippen LogP contribution in [0.4, 0.5) is 0 Å². The molecule has 0 radical (unpaired) electrons. The second-order valence-electron chi connectivity index (χ2n) is 9.29. The quantitative estimate of drug-likeness (QED) is 0.316. The van der Waals surface area contributed by atoms with E-state index in [0.717, 1.165) is 33.6 Å². The van der Waals surface area contributed by atoms with Crippen molar-refractivity contribution < 1.29 is 19.1 Å². The van der Waals surface area contributed by atoms with Crippen molar-refractivity contribution in [3.63, 3.8) is 0 Å². The van der Waals surface area contributed by atoms with Gasteiger partial charge in [0, 0.05) is 22.2 Å². The standard InChI is InChI=1S/C25H25N3O4/c1-3-32-21(29)12-27-13(2)19(14-6-4-5-7-20(14)27)11-26-28-24(30)22-15-8-9-16(18-10-17(15)18)23(22)25(28)31/h4-9,11,15-18,22-23H,3,10,12H2,1-2H3/b26-11-/t15-,16-,17-,18-,22+,23+/m0/s1. The first-order valence-electron chi connectivity index (χ1n) is 11.3. The Morgan fingerprint density at radius 3 is 2.44 bits per heavy atom. The number of allylic oxidation sites excluding steroid dienone is 2. The summed E-state index contributed by atoms with van der Waals surface area (Å²) in [4.78, 5) is 38.5. The molecule has 5 aliphatic rings. The van der Waals surface area contributed by atoms with Crippen molar-refractivity contribution in [2.75, 3.05) is 6.61 Å². The third kappa shape index (κ3) is 2.60. The Bertz CT molecular complexity index is 1190. The summed E-state index contributed by atoms with van der Waals surface area (Å²) < 4.78 is 7.01. The maximum absolute atomic E-state index is 13.2. The molecule has 6 atom stereocenters. The molecular formula is C25H25N3O4. The van der Waals surface area contributed by atoms with Crippen molar-refractivity contribution in [3.05, 3.63) is 47.7 Å². The van der Waals surface area contributed by atoms with E-state index in [0.29, 0.717) is 18.4 Å². The van der Waals surface area contributed by atoms with Gasteiger partial charge in [0.2, 0.25) is 0 Å². The zero-order valence-electron chi connectivity index (χ0n) is 18.1. The van der Waals surface area contributed by atoms with Gasteiger partial charge in [-0.05, 0) is 50.0 Å². The van der Waals surface area contributed by atoms with Crippen molar-refractivity contribution in [3.8, 4) is 0 Å². The van der Waals surface area contributed by atoms with Gasteiger partial charge >= 0.3 is 5.97 Å². The van der Waals surface area contributed by atoms with Gasteiger partial charge in [-0.3, -0.25) is 14.4 Å². The topological polar surface area (TPSA) is 81.0 Å². The molecule has 2 heterocycles. The van der Waals surface area contributed by atoms with Crippen LogP contribution in [-0.4, -0.2) is 40.2 Å². The van der Waals surface area contributed by atoms with E-state index in [4.69, 9.17) is 4.74 Å². The lowest BCUT2D eigenvalue weighted by molar-refractivity contribution is -0.144. The normalized spacial score (nSPS) is 32.1. The van der Waals surface area contributed by atoms with Crippen LogP contribution in [0.25, 0.3) is 10.9 Å². The third-order valence-corrected chi connectivity index (χ3v) is 7.81. The lowest BCUT2D eigenvalue weighted by Gasteiger charge is -2.37.